The summed E-state index contributed by atoms with van der Waals surface area (Å²) in [5, 5.41) is 9.19. The number of aromatic carboxylic acids is 1. The average molecular weight is 564 g/mol. The van der Waals surface area contributed by atoms with E-state index >= 15 is 0 Å². The maximum atomic E-state index is 11.2. The molecule has 2 aliphatic rings. The van der Waals surface area contributed by atoms with Crippen molar-refractivity contribution in [1.82, 2.24) is 24.1 Å². The molecule has 0 amide bonds. The Morgan fingerprint density at radius 3 is 1.88 bits per heavy atom. The van der Waals surface area contributed by atoms with Crippen LogP contribution in [0, 0.1) is 6.92 Å². The highest BCUT2D eigenvalue weighted by molar-refractivity contribution is 5.92. The summed E-state index contributed by atoms with van der Waals surface area (Å²) in [4.78, 5) is 25.4. The molecule has 9 heteroatoms. The van der Waals surface area contributed by atoms with Crippen molar-refractivity contribution in [3.05, 3.63) is 53.2 Å². The van der Waals surface area contributed by atoms with E-state index in [1.807, 2.05) is 13.0 Å². The third-order valence-corrected chi connectivity index (χ3v) is 7.43. The summed E-state index contributed by atoms with van der Waals surface area (Å²) in [6.45, 7) is 18.2. The number of ether oxygens (including phenoxy) is 2. The Morgan fingerprint density at radius 2 is 1.37 bits per heavy atom. The fourth-order valence-corrected chi connectivity index (χ4v) is 5.12. The minimum Gasteiger partial charge on any atom is -0.478 e. The topological polar surface area (TPSA) is 104 Å². The summed E-state index contributed by atoms with van der Waals surface area (Å²) in [6, 6.07) is 9.18. The second-order valence-electron chi connectivity index (χ2n) is 13.0. The van der Waals surface area contributed by atoms with Crippen molar-refractivity contribution in [2.45, 2.75) is 105 Å². The molecule has 0 unspecified atom stereocenters. The SMILES string of the molecule is C.CC(C)(C)c1nc2ccc(C(=O)O)cc2n1C[C@@H]1CCO1.Cc1ccc2nc(C(C)(C)C)n(C[C@@H]3CCO3)c2n1. The molecule has 0 aliphatic carbocycles. The summed E-state index contributed by atoms with van der Waals surface area (Å²) >= 11 is 0. The van der Waals surface area contributed by atoms with E-state index in [0.717, 1.165) is 78.7 Å². The molecule has 1 N–H and O–H groups in total. The molecule has 4 aromatic rings. The molecule has 5 heterocycles. The normalized spacial score (nSPS) is 18.7. The number of carboxylic acid groups (broad SMARTS) is 1. The molecule has 0 spiro atoms. The van der Waals surface area contributed by atoms with E-state index in [1.54, 1.807) is 18.2 Å². The molecule has 3 aromatic heterocycles. The van der Waals surface area contributed by atoms with Crippen molar-refractivity contribution < 1.29 is 19.4 Å². The Kier molecular flexibility index (Phi) is 8.62. The molecule has 1 aromatic carbocycles. The number of hydrogen-bond acceptors (Lipinski definition) is 6. The lowest BCUT2D eigenvalue weighted by Crippen LogP contribution is -2.33. The Bertz CT molecular complexity index is 1530. The van der Waals surface area contributed by atoms with E-state index in [0.29, 0.717) is 11.7 Å². The fraction of sp³-hybridized carbons (Fsp3) is 0.562. The van der Waals surface area contributed by atoms with Gasteiger partial charge in [-0.05, 0) is 50.1 Å². The summed E-state index contributed by atoms with van der Waals surface area (Å²) in [7, 11) is 0. The van der Waals surface area contributed by atoms with E-state index in [2.05, 4.69) is 61.7 Å². The third-order valence-electron chi connectivity index (χ3n) is 7.43. The van der Waals surface area contributed by atoms with Gasteiger partial charge in [-0.1, -0.05) is 49.0 Å². The third kappa shape index (κ3) is 6.46. The van der Waals surface area contributed by atoms with E-state index in [1.165, 1.54) is 0 Å². The fourth-order valence-electron chi connectivity index (χ4n) is 5.12. The zero-order valence-corrected chi connectivity index (χ0v) is 24.7. The molecular weight excluding hydrogens is 518 g/mol. The van der Waals surface area contributed by atoms with Crippen molar-refractivity contribution in [2.24, 2.45) is 0 Å². The monoisotopic (exact) mass is 563 g/mol. The number of aromatic nitrogens is 5. The van der Waals surface area contributed by atoms with Gasteiger partial charge in [0.05, 0.1) is 41.9 Å². The number of benzene rings is 1. The number of hydrogen-bond donors (Lipinski definition) is 1. The highest BCUT2D eigenvalue weighted by Gasteiger charge is 2.28. The van der Waals surface area contributed by atoms with Gasteiger partial charge in [0, 0.05) is 29.7 Å². The van der Waals surface area contributed by atoms with Gasteiger partial charge in [0.25, 0.3) is 0 Å². The first-order valence-electron chi connectivity index (χ1n) is 14.1. The molecule has 2 aliphatic heterocycles. The first kappa shape index (κ1) is 30.7. The lowest BCUT2D eigenvalue weighted by Gasteiger charge is -2.29. The van der Waals surface area contributed by atoms with Crippen LogP contribution in [0.2, 0.25) is 0 Å². The van der Waals surface area contributed by atoms with Crippen LogP contribution in [0.25, 0.3) is 22.2 Å². The number of carboxylic acids is 1. The highest BCUT2D eigenvalue weighted by atomic mass is 16.5. The minimum absolute atomic E-state index is 0. The predicted molar refractivity (Wildman–Crippen MR) is 162 cm³/mol. The first-order valence-corrected chi connectivity index (χ1v) is 14.1. The first-order chi connectivity index (χ1) is 18.8. The van der Waals surface area contributed by atoms with Gasteiger partial charge in [-0.3, -0.25) is 0 Å². The van der Waals surface area contributed by atoms with Gasteiger partial charge in [-0.2, -0.15) is 0 Å². The predicted octanol–water partition coefficient (Wildman–Crippen LogP) is 6.28. The molecule has 9 nitrogen and oxygen atoms in total. The van der Waals surface area contributed by atoms with Crippen LogP contribution in [0.15, 0.2) is 30.3 Å². The average Bonchev–Trinajstić information content (AvgIpc) is 3.36. The van der Waals surface area contributed by atoms with Gasteiger partial charge in [-0.15, -0.1) is 0 Å². The van der Waals surface area contributed by atoms with Crippen LogP contribution < -0.4 is 0 Å². The summed E-state index contributed by atoms with van der Waals surface area (Å²) in [5.41, 5.74) is 4.90. The molecule has 6 rings (SSSR count). The van der Waals surface area contributed by atoms with Crippen LogP contribution in [0.4, 0.5) is 0 Å². The van der Waals surface area contributed by atoms with E-state index < -0.39 is 5.97 Å². The Labute approximate surface area is 242 Å². The van der Waals surface area contributed by atoms with Gasteiger partial charge in [0.15, 0.2) is 5.65 Å². The maximum absolute atomic E-state index is 11.2. The van der Waals surface area contributed by atoms with Crippen molar-refractivity contribution in [3.8, 4) is 0 Å². The number of aryl methyl sites for hydroxylation is 1. The van der Waals surface area contributed by atoms with Gasteiger partial charge in [0.2, 0.25) is 0 Å². The summed E-state index contributed by atoms with van der Waals surface area (Å²) in [5.74, 6) is 1.15. The largest absolute Gasteiger partial charge is 0.478 e. The van der Waals surface area contributed by atoms with Gasteiger partial charge < -0.3 is 23.7 Å². The van der Waals surface area contributed by atoms with Crippen LogP contribution in [-0.2, 0) is 33.4 Å². The molecule has 41 heavy (non-hydrogen) atoms. The molecule has 0 bridgehead atoms. The number of carbonyl (C=O) groups is 1. The van der Waals surface area contributed by atoms with Crippen LogP contribution >= 0.6 is 0 Å². The smallest absolute Gasteiger partial charge is 0.335 e. The highest BCUT2D eigenvalue weighted by Crippen LogP contribution is 2.30. The van der Waals surface area contributed by atoms with Crippen molar-refractivity contribution >= 4 is 28.2 Å². The molecule has 222 valence electrons. The zero-order valence-electron chi connectivity index (χ0n) is 24.7. The Balaban J connectivity index is 0.000000185. The van der Waals surface area contributed by atoms with Crippen LogP contribution in [0.3, 0.4) is 0 Å². The van der Waals surface area contributed by atoms with Crippen LogP contribution in [0.1, 0.15) is 89.5 Å². The molecular formula is C32H45N5O4. The standard InChI is InChI=1S/C16H20N2O3.C15H21N3O.CH4/c1-16(2,3)15-17-12-5-4-10(14(19)20)8-13(12)18(15)9-11-6-7-21-11;1-10-5-6-12-13(16-10)18(9-11-7-8-19-11)14(17-12)15(2,3)4;/h4-5,8,11H,6-7,9H2,1-3H3,(H,19,20);5-6,11H,7-9H2,1-4H3;1H4/t2*11-;/m00./s1. The van der Waals surface area contributed by atoms with Gasteiger partial charge in [0.1, 0.15) is 17.2 Å². The number of pyridine rings is 1. The summed E-state index contributed by atoms with van der Waals surface area (Å²) in [6.07, 6.45) is 2.70. The second-order valence-corrected chi connectivity index (χ2v) is 13.0. The van der Waals surface area contributed by atoms with Crippen LogP contribution in [-0.4, -0.2) is 60.6 Å². The lowest BCUT2D eigenvalue weighted by molar-refractivity contribution is -0.0594. The molecule has 2 fully saturated rings. The van der Waals surface area contributed by atoms with Crippen molar-refractivity contribution in [3.63, 3.8) is 0 Å². The van der Waals surface area contributed by atoms with E-state index in [9.17, 15) is 9.90 Å². The van der Waals surface area contributed by atoms with E-state index in [-0.39, 0.29) is 24.4 Å². The number of nitrogens with zero attached hydrogens (tertiary/aromatic N) is 5. The lowest BCUT2D eigenvalue weighted by atomic mass is 9.95. The Morgan fingerprint density at radius 1 is 0.854 bits per heavy atom. The number of imidazole rings is 2. The van der Waals surface area contributed by atoms with Crippen LogP contribution in [0.5, 0.6) is 0 Å². The Hall–Kier alpha value is -3.30. The second kappa shape index (κ2) is 11.5. The minimum atomic E-state index is -0.915. The van der Waals surface area contributed by atoms with Crippen molar-refractivity contribution in [2.75, 3.05) is 13.2 Å². The van der Waals surface area contributed by atoms with Gasteiger partial charge >= 0.3 is 5.97 Å². The molecule has 2 saturated heterocycles. The molecule has 2 atom stereocenters. The zero-order chi connectivity index (χ0) is 28.8. The van der Waals surface area contributed by atoms with E-state index in [4.69, 9.17) is 19.4 Å². The summed E-state index contributed by atoms with van der Waals surface area (Å²) < 4.78 is 15.5. The molecule has 0 radical (unpaired) electrons. The number of fused-ring (bicyclic) bond motifs is 2. The maximum Gasteiger partial charge on any atom is 0.335 e. The number of rotatable bonds is 5. The van der Waals surface area contributed by atoms with Gasteiger partial charge in [-0.25, -0.2) is 19.7 Å². The van der Waals surface area contributed by atoms with Crippen molar-refractivity contribution in [1.29, 1.82) is 0 Å². The quantitative estimate of drug-likeness (QED) is 0.305. The molecule has 0 saturated carbocycles.